The van der Waals surface area contributed by atoms with Crippen LogP contribution in [0.15, 0.2) is 41.8 Å². The minimum atomic E-state index is -0.436. The highest BCUT2D eigenvalue weighted by Gasteiger charge is 2.29. The van der Waals surface area contributed by atoms with Gasteiger partial charge in [-0.05, 0) is 41.5 Å². The third kappa shape index (κ3) is 3.23. The van der Waals surface area contributed by atoms with Crippen molar-refractivity contribution in [2.75, 3.05) is 6.54 Å². The number of rotatable bonds is 4. The van der Waals surface area contributed by atoms with Crippen LogP contribution in [0.2, 0.25) is 0 Å². The van der Waals surface area contributed by atoms with E-state index in [1.54, 1.807) is 29.5 Å². The molecule has 1 aliphatic rings. The van der Waals surface area contributed by atoms with Gasteiger partial charge in [-0.2, -0.15) is 0 Å². The molecule has 6 heteroatoms. The summed E-state index contributed by atoms with van der Waals surface area (Å²) in [5.41, 5.74) is 1.93. The third-order valence-corrected chi connectivity index (χ3v) is 5.26. The Morgan fingerprint density at radius 1 is 1.46 bits per heavy atom. The minimum Gasteiger partial charge on any atom is -0.332 e. The number of carbonyl (C=O) groups excluding carboxylic acids is 1. The number of nitro groups is 1. The van der Waals surface area contributed by atoms with Gasteiger partial charge in [0.05, 0.1) is 11.0 Å². The molecular formula is C18H18N2O3S. The molecule has 1 amide bonds. The van der Waals surface area contributed by atoms with Crippen LogP contribution in [0.1, 0.15) is 35.4 Å². The lowest BCUT2D eigenvalue weighted by Gasteiger charge is -2.34. The molecule has 124 valence electrons. The maximum Gasteiger partial charge on any atom is 0.270 e. The molecule has 0 fully saturated rings. The van der Waals surface area contributed by atoms with Gasteiger partial charge in [-0.25, -0.2) is 0 Å². The predicted molar refractivity (Wildman–Crippen MR) is 94.9 cm³/mol. The van der Waals surface area contributed by atoms with Crippen molar-refractivity contribution in [3.05, 3.63) is 67.9 Å². The molecule has 1 unspecified atom stereocenters. The van der Waals surface area contributed by atoms with Crippen molar-refractivity contribution in [2.24, 2.45) is 0 Å². The van der Waals surface area contributed by atoms with Crippen molar-refractivity contribution in [1.29, 1.82) is 0 Å². The summed E-state index contributed by atoms with van der Waals surface area (Å²) in [7, 11) is 0. The molecule has 0 N–H and O–H groups in total. The fourth-order valence-corrected chi connectivity index (χ4v) is 4.03. The number of thiophene rings is 1. The van der Waals surface area contributed by atoms with E-state index >= 15 is 0 Å². The molecule has 2 heterocycles. The normalized spacial score (nSPS) is 17.0. The summed E-state index contributed by atoms with van der Waals surface area (Å²) < 4.78 is 0. The fourth-order valence-electron chi connectivity index (χ4n) is 3.11. The van der Waals surface area contributed by atoms with Gasteiger partial charge in [0.15, 0.2) is 0 Å². The highest BCUT2D eigenvalue weighted by molar-refractivity contribution is 7.10. The first-order valence-corrected chi connectivity index (χ1v) is 8.77. The lowest BCUT2D eigenvalue weighted by atomic mass is 9.97. The summed E-state index contributed by atoms with van der Waals surface area (Å²) in [5, 5.41) is 12.9. The number of nitro benzene ring substituents is 1. The zero-order chi connectivity index (χ0) is 17.1. The zero-order valence-electron chi connectivity index (χ0n) is 13.3. The summed E-state index contributed by atoms with van der Waals surface area (Å²) in [4.78, 5) is 26.2. The Labute approximate surface area is 144 Å². The number of hydrogen-bond acceptors (Lipinski definition) is 4. The Morgan fingerprint density at radius 3 is 3.04 bits per heavy atom. The van der Waals surface area contributed by atoms with E-state index in [0.29, 0.717) is 12.1 Å². The van der Waals surface area contributed by atoms with E-state index in [0.717, 1.165) is 12.8 Å². The molecule has 0 saturated carbocycles. The van der Waals surface area contributed by atoms with Gasteiger partial charge in [0.25, 0.3) is 5.69 Å². The van der Waals surface area contributed by atoms with Gasteiger partial charge >= 0.3 is 0 Å². The Hall–Kier alpha value is -2.47. The van der Waals surface area contributed by atoms with Crippen LogP contribution in [0.5, 0.6) is 0 Å². The number of benzene rings is 1. The maximum atomic E-state index is 12.6. The summed E-state index contributed by atoms with van der Waals surface area (Å²) in [6, 6.07) is 8.50. The van der Waals surface area contributed by atoms with Crippen LogP contribution in [0.3, 0.4) is 0 Å². The average Bonchev–Trinajstić information content (AvgIpc) is 3.07. The van der Waals surface area contributed by atoms with Crippen LogP contribution in [0, 0.1) is 10.1 Å². The van der Waals surface area contributed by atoms with Crippen LogP contribution in [-0.2, 0) is 11.2 Å². The van der Waals surface area contributed by atoms with Gasteiger partial charge in [-0.15, -0.1) is 11.3 Å². The number of nitrogens with zero attached hydrogens (tertiary/aromatic N) is 2. The van der Waals surface area contributed by atoms with E-state index in [1.165, 1.54) is 28.6 Å². The van der Waals surface area contributed by atoms with Crippen molar-refractivity contribution >= 4 is 29.0 Å². The molecule has 0 aliphatic carbocycles. The van der Waals surface area contributed by atoms with Crippen molar-refractivity contribution in [3.8, 4) is 0 Å². The first-order chi connectivity index (χ1) is 11.6. The van der Waals surface area contributed by atoms with E-state index in [-0.39, 0.29) is 17.6 Å². The monoisotopic (exact) mass is 342 g/mol. The quantitative estimate of drug-likeness (QED) is 0.475. The molecule has 0 bridgehead atoms. The van der Waals surface area contributed by atoms with Gasteiger partial charge in [-0.3, -0.25) is 14.9 Å². The van der Waals surface area contributed by atoms with E-state index < -0.39 is 4.92 Å². The van der Waals surface area contributed by atoms with Crippen LogP contribution in [-0.4, -0.2) is 22.3 Å². The molecule has 1 aromatic heterocycles. The van der Waals surface area contributed by atoms with Gasteiger partial charge < -0.3 is 4.90 Å². The molecular weight excluding hydrogens is 324 g/mol. The first-order valence-electron chi connectivity index (χ1n) is 7.89. The van der Waals surface area contributed by atoms with Crippen LogP contribution in [0.25, 0.3) is 6.08 Å². The highest BCUT2D eigenvalue weighted by Crippen LogP contribution is 2.35. The summed E-state index contributed by atoms with van der Waals surface area (Å²) >= 11 is 1.75. The lowest BCUT2D eigenvalue weighted by molar-refractivity contribution is -0.384. The smallest absolute Gasteiger partial charge is 0.270 e. The summed E-state index contributed by atoms with van der Waals surface area (Å²) in [6.07, 6.45) is 4.92. The molecule has 3 rings (SSSR count). The van der Waals surface area contributed by atoms with E-state index in [2.05, 4.69) is 18.4 Å². The molecule has 1 aromatic carbocycles. The number of fused-ring (bicyclic) bond motifs is 1. The van der Waals surface area contributed by atoms with E-state index in [1.807, 2.05) is 4.90 Å². The third-order valence-electron chi connectivity index (χ3n) is 4.26. The van der Waals surface area contributed by atoms with Gasteiger partial charge in [0.1, 0.15) is 0 Å². The molecule has 1 atom stereocenters. The first kappa shape index (κ1) is 16.4. The second kappa shape index (κ2) is 6.97. The van der Waals surface area contributed by atoms with Crippen molar-refractivity contribution in [3.63, 3.8) is 0 Å². The second-order valence-electron chi connectivity index (χ2n) is 5.69. The standard InChI is InChI=1S/C18H18N2O3S/c1-2-16-15-9-11-24-17(15)8-10-19(16)18(21)7-6-13-4-3-5-14(12-13)20(22)23/h3-7,9,11-12,16H,2,8,10H2,1H3. The maximum absolute atomic E-state index is 12.6. The van der Waals surface area contributed by atoms with Crippen LogP contribution >= 0.6 is 11.3 Å². The summed E-state index contributed by atoms with van der Waals surface area (Å²) in [6.45, 7) is 2.80. The molecule has 5 nitrogen and oxygen atoms in total. The average molecular weight is 342 g/mol. The van der Waals surface area contributed by atoms with Gasteiger partial charge in [0, 0.05) is 29.6 Å². The Bertz CT molecular complexity index is 797. The van der Waals surface area contributed by atoms with Crippen molar-refractivity contribution in [1.82, 2.24) is 4.90 Å². The predicted octanol–water partition coefficient (Wildman–Crippen LogP) is 4.21. The molecule has 2 aromatic rings. The van der Waals surface area contributed by atoms with Crippen LogP contribution < -0.4 is 0 Å². The molecule has 24 heavy (non-hydrogen) atoms. The van der Waals surface area contributed by atoms with Gasteiger partial charge in [-0.1, -0.05) is 19.1 Å². The van der Waals surface area contributed by atoms with E-state index in [4.69, 9.17) is 0 Å². The molecule has 0 saturated heterocycles. The largest absolute Gasteiger partial charge is 0.332 e. The Balaban J connectivity index is 1.77. The minimum absolute atomic E-state index is 0.0249. The highest BCUT2D eigenvalue weighted by atomic mass is 32.1. The summed E-state index contributed by atoms with van der Waals surface area (Å²) in [5.74, 6) is -0.0507. The Kier molecular flexibility index (Phi) is 4.76. The lowest BCUT2D eigenvalue weighted by Crippen LogP contribution is -2.38. The number of hydrogen-bond donors (Lipinski definition) is 0. The number of amides is 1. The zero-order valence-corrected chi connectivity index (χ0v) is 14.2. The number of carbonyl (C=O) groups is 1. The SMILES string of the molecule is CCC1c2ccsc2CCN1C(=O)C=Cc1cccc([N+](=O)[O-])c1. The molecule has 0 spiro atoms. The molecule has 0 radical (unpaired) electrons. The van der Waals surface area contributed by atoms with Crippen LogP contribution in [0.4, 0.5) is 5.69 Å². The fraction of sp³-hybridized carbons (Fsp3) is 0.278. The topological polar surface area (TPSA) is 63.5 Å². The van der Waals surface area contributed by atoms with Gasteiger partial charge in [0.2, 0.25) is 5.91 Å². The van der Waals surface area contributed by atoms with Crippen molar-refractivity contribution in [2.45, 2.75) is 25.8 Å². The van der Waals surface area contributed by atoms with Crippen molar-refractivity contribution < 1.29 is 9.72 Å². The number of non-ortho nitro benzene ring substituents is 1. The Morgan fingerprint density at radius 2 is 2.29 bits per heavy atom. The molecule has 1 aliphatic heterocycles. The van der Waals surface area contributed by atoms with E-state index in [9.17, 15) is 14.9 Å². The second-order valence-corrected chi connectivity index (χ2v) is 6.69.